The number of nitrogens with zero attached hydrogens (tertiary/aromatic N) is 2. The monoisotopic (exact) mass is 659 g/mol. The van der Waals surface area contributed by atoms with Gasteiger partial charge in [0, 0.05) is 41.0 Å². The summed E-state index contributed by atoms with van der Waals surface area (Å²) in [6.07, 6.45) is 6.29. The van der Waals surface area contributed by atoms with Crippen LogP contribution in [0.15, 0.2) is 53.6 Å². The van der Waals surface area contributed by atoms with Crippen LogP contribution in [0.3, 0.4) is 0 Å². The van der Waals surface area contributed by atoms with E-state index >= 15 is 0 Å². The summed E-state index contributed by atoms with van der Waals surface area (Å²) in [6, 6.07) is 10.4. The first kappa shape index (κ1) is 34.0. The predicted octanol–water partition coefficient (Wildman–Crippen LogP) is 6.27. The third-order valence-electron chi connectivity index (χ3n) is 6.72. The van der Waals surface area contributed by atoms with Gasteiger partial charge in [-0.05, 0) is 57.9 Å². The molecule has 3 aromatic rings. The number of hydrogen-bond acceptors (Lipinski definition) is 10. The number of carbonyl (C=O) groups is 2. The molecule has 2 aromatic carbocycles. The van der Waals surface area contributed by atoms with Crippen LogP contribution in [0.4, 0.5) is 21.0 Å². The number of benzene rings is 2. The Balaban J connectivity index is 0.000000501. The van der Waals surface area contributed by atoms with Crippen molar-refractivity contribution in [2.45, 2.75) is 75.3 Å². The molecular formula is C30H37N5O8S2. The maximum atomic E-state index is 13.4. The van der Waals surface area contributed by atoms with E-state index in [-0.39, 0.29) is 17.5 Å². The van der Waals surface area contributed by atoms with E-state index in [2.05, 4.69) is 20.5 Å². The fraction of sp³-hybridized carbons (Fsp3) is 0.433. The molecular weight excluding hydrogens is 622 g/mol. The van der Waals surface area contributed by atoms with Crippen molar-refractivity contribution in [3.05, 3.63) is 63.8 Å². The third-order valence-corrected chi connectivity index (χ3v) is 9.45. The molecule has 0 spiro atoms. The molecule has 2 fully saturated rings. The van der Waals surface area contributed by atoms with E-state index < -0.39 is 33.6 Å². The number of hydrogen-bond donors (Lipinski definition) is 3. The Hall–Kier alpha value is -3.92. The number of nitrogens with two attached hydrogens (primary N) is 1. The smallest absolute Gasteiger partial charge is 0.417 e. The van der Waals surface area contributed by atoms with Gasteiger partial charge in [-0.2, -0.15) is 0 Å². The van der Waals surface area contributed by atoms with Crippen LogP contribution in [0.25, 0.3) is 10.4 Å². The Bertz CT molecular complexity index is 1510. The summed E-state index contributed by atoms with van der Waals surface area (Å²) in [5.74, 6) is 0.641. The van der Waals surface area contributed by atoms with E-state index in [1.165, 1.54) is 43.5 Å². The van der Waals surface area contributed by atoms with Gasteiger partial charge in [-0.25, -0.2) is 23.5 Å². The van der Waals surface area contributed by atoms with Crippen molar-refractivity contribution < 1.29 is 32.9 Å². The van der Waals surface area contributed by atoms with Crippen LogP contribution >= 0.6 is 11.3 Å². The number of non-ortho nitro benzene ring substituents is 1. The SMILES string of the molecule is CC(C)(C)NS(=O)c1cc(NC(=O)Oc2ccc([N+](=O)[O-])cc2)ccc1-c1cnc(C2CCCCC2)s1.NC(=O)OC1COC1. The molecule has 1 atom stereocenters. The number of anilines is 1. The summed E-state index contributed by atoms with van der Waals surface area (Å²) >= 11 is 1.63. The van der Waals surface area contributed by atoms with Gasteiger partial charge in [-0.15, -0.1) is 11.3 Å². The molecule has 1 aromatic heterocycles. The van der Waals surface area contributed by atoms with Gasteiger partial charge in [0.1, 0.15) is 16.7 Å². The van der Waals surface area contributed by atoms with Crippen LogP contribution in [0.5, 0.6) is 5.75 Å². The second-order valence-corrected chi connectivity index (χ2v) is 13.8. The Labute approximate surface area is 267 Å². The van der Waals surface area contributed by atoms with E-state index in [0.29, 0.717) is 29.7 Å². The summed E-state index contributed by atoms with van der Waals surface area (Å²) in [6.45, 7) is 6.78. The number of nitrogens with one attached hydrogen (secondary N) is 2. The summed E-state index contributed by atoms with van der Waals surface area (Å²) in [7, 11) is -1.56. The van der Waals surface area contributed by atoms with Crippen LogP contribution in [-0.2, 0) is 20.5 Å². The van der Waals surface area contributed by atoms with Gasteiger partial charge in [0.15, 0.2) is 6.10 Å². The Morgan fingerprint density at radius 1 is 1.11 bits per heavy atom. The number of amides is 2. The van der Waals surface area contributed by atoms with Crippen LogP contribution in [0, 0.1) is 10.1 Å². The third kappa shape index (κ3) is 10.3. The van der Waals surface area contributed by atoms with E-state index in [4.69, 9.17) is 14.5 Å². The summed E-state index contributed by atoms with van der Waals surface area (Å²) in [5, 5.41) is 14.6. The number of carbonyl (C=O) groups excluding carboxylic acids is 2. The van der Waals surface area contributed by atoms with E-state index in [1.807, 2.05) is 33.0 Å². The predicted molar refractivity (Wildman–Crippen MR) is 171 cm³/mol. The first-order valence-corrected chi connectivity index (χ1v) is 16.4. The lowest BCUT2D eigenvalue weighted by Crippen LogP contribution is -2.39. The molecule has 1 aliphatic heterocycles. The van der Waals surface area contributed by atoms with Gasteiger partial charge in [0.2, 0.25) is 0 Å². The Morgan fingerprint density at radius 2 is 1.80 bits per heavy atom. The minimum absolute atomic E-state index is 0.0903. The molecule has 5 rings (SSSR count). The highest BCUT2D eigenvalue weighted by molar-refractivity contribution is 7.83. The molecule has 2 amide bonds. The fourth-order valence-corrected chi connectivity index (χ4v) is 7.04. The number of thiazole rings is 1. The molecule has 13 nitrogen and oxygen atoms in total. The highest BCUT2D eigenvalue weighted by atomic mass is 32.2. The van der Waals surface area contributed by atoms with Gasteiger partial charge >= 0.3 is 12.2 Å². The lowest BCUT2D eigenvalue weighted by atomic mass is 9.90. The highest BCUT2D eigenvalue weighted by Crippen LogP contribution is 2.39. The summed E-state index contributed by atoms with van der Waals surface area (Å²) < 4.78 is 30.9. The van der Waals surface area contributed by atoms with Crippen LogP contribution in [0.1, 0.15) is 63.8 Å². The average Bonchev–Trinajstić information content (AvgIpc) is 3.45. The zero-order valence-corrected chi connectivity index (χ0v) is 26.9. The molecule has 15 heteroatoms. The van der Waals surface area contributed by atoms with Crippen LogP contribution in [0.2, 0.25) is 0 Å². The lowest BCUT2D eigenvalue weighted by molar-refractivity contribution is -0.384. The number of primary amides is 1. The standard InChI is InChI=1S/C26H30N4O5S2.C4H7NO3/c1-26(2,3)29-37(34)23-15-18(28-25(31)35-20-12-10-19(11-13-20)30(32)33)9-14-21(23)22-16-27-24(36-22)17-7-5-4-6-8-17;5-4(6)8-3-1-7-2-3/h9-17,29H,4-8H2,1-3H3,(H,28,31);3H,1-2H2,(H2,5,6). The van der Waals surface area contributed by atoms with Crippen molar-refractivity contribution in [3.63, 3.8) is 0 Å². The van der Waals surface area contributed by atoms with Crippen molar-refractivity contribution in [2.75, 3.05) is 18.5 Å². The quantitative estimate of drug-likeness (QED) is 0.185. The maximum Gasteiger partial charge on any atom is 0.417 e. The zero-order chi connectivity index (χ0) is 32.6. The molecule has 2 aliphatic rings. The number of aromatic nitrogens is 1. The first-order chi connectivity index (χ1) is 21.4. The van der Waals surface area contributed by atoms with E-state index in [0.717, 1.165) is 28.3 Å². The summed E-state index contributed by atoms with van der Waals surface area (Å²) in [4.78, 5) is 38.9. The molecule has 1 saturated carbocycles. The number of nitro benzene ring substituents is 1. The molecule has 1 unspecified atom stereocenters. The molecule has 0 bridgehead atoms. The maximum absolute atomic E-state index is 13.4. The van der Waals surface area contributed by atoms with Crippen molar-refractivity contribution in [1.29, 1.82) is 0 Å². The van der Waals surface area contributed by atoms with Gasteiger partial charge in [-0.1, -0.05) is 25.3 Å². The van der Waals surface area contributed by atoms with E-state index in [1.54, 1.807) is 23.5 Å². The minimum atomic E-state index is -1.56. The van der Waals surface area contributed by atoms with Gasteiger partial charge in [0.25, 0.3) is 5.69 Å². The van der Waals surface area contributed by atoms with Crippen molar-refractivity contribution in [3.8, 4) is 16.2 Å². The average molecular weight is 660 g/mol. The van der Waals surface area contributed by atoms with E-state index in [9.17, 15) is 23.9 Å². The highest BCUT2D eigenvalue weighted by Gasteiger charge is 2.23. The molecule has 0 radical (unpaired) electrons. The second kappa shape index (κ2) is 15.4. The van der Waals surface area contributed by atoms with Gasteiger partial charge in [-0.3, -0.25) is 15.4 Å². The lowest BCUT2D eigenvalue weighted by Gasteiger charge is -2.24. The van der Waals surface area contributed by atoms with Crippen LogP contribution in [-0.4, -0.2) is 51.2 Å². The Kier molecular flexibility index (Phi) is 11.6. The molecule has 242 valence electrons. The van der Waals surface area contributed by atoms with Crippen molar-refractivity contribution in [1.82, 2.24) is 9.71 Å². The number of rotatable bonds is 8. The molecule has 1 saturated heterocycles. The normalized spacial score (nSPS) is 16.0. The molecule has 45 heavy (non-hydrogen) atoms. The summed E-state index contributed by atoms with van der Waals surface area (Å²) in [5.41, 5.74) is 5.39. The fourth-order valence-electron chi connectivity index (χ4n) is 4.57. The van der Waals surface area contributed by atoms with Crippen molar-refractivity contribution >= 4 is 45.9 Å². The van der Waals surface area contributed by atoms with Gasteiger partial charge in [0.05, 0.1) is 32.9 Å². The largest absolute Gasteiger partial charge is 0.441 e. The molecule has 2 heterocycles. The molecule has 4 N–H and O–H groups in total. The number of nitro groups is 1. The first-order valence-electron chi connectivity index (χ1n) is 14.4. The number of ether oxygens (including phenoxy) is 3. The minimum Gasteiger partial charge on any atom is -0.441 e. The van der Waals surface area contributed by atoms with Crippen LogP contribution < -0.4 is 20.5 Å². The van der Waals surface area contributed by atoms with Gasteiger partial charge < -0.3 is 19.9 Å². The topological polar surface area (TPSA) is 185 Å². The molecule has 1 aliphatic carbocycles. The Morgan fingerprint density at radius 3 is 2.36 bits per heavy atom. The van der Waals surface area contributed by atoms with Crippen molar-refractivity contribution in [2.24, 2.45) is 5.73 Å². The second-order valence-electron chi connectivity index (χ2n) is 11.6. The zero-order valence-electron chi connectivity index (χ0n) is 25.3.